The number of aryl methyl sites for hydroxylation is 1. The first kappa shape index (κ1) is 16.3. The van der Waals surface area contributed by atoms with Gasteiger partial charge in [0.15, 0.2) is 0 Å². The van der Waals surface area contributed by atoms with E-state index in [-0.39, 0.29) is 0 Å². The van der Waals surface area contributed by atoms with Crippen molar-refractivity contribution in [3.05, 3.63) is 41.2 Å². The summed E-state index contributed by atoms with van der Waals surface area (Å²) in [5, 5.41) is 19.0. The Hall–Kier alpha value is -1.77. The molecule has 0 radical (unpaired) electrons. The molecule has 0 aliphatic carbocycles. The lowest BCUT2D eigenvalue weighted by molar-refractivity contribution is -0.135. The van der Waals surface area contributed by atoms with Crippen molar-refractivity contribution in [3.63, 3.8) is 0 Å². The van der Waals surface area contributed by atoms with Crippen molar-refractivity contribution in [1.29, 1.82) is 0 Å². The number of aliphatic hydroxyl groups is 1. The highest BCUT2D eigenvalue weighted by atomic mass is 16.4. The number of carboxylic acid groups (broad SMARTS) is 1. The Labute approximate surface area is 121 Å². The number of rotatable bonds is 8. The Kier molecular flexibility index (Phi) is 6.85. The van der Waals surface area contributed by atoms with Crippen LogP contribution >= 0.6 is 0 Å². The van der Waals surface area contributed by atoms with Crippen LogP contribution in [-0.2, 0) is 11.2 Å². The Morgan fingerprint density at radius 1 is 1.05 bits per heavy atom. The van der Waals surface area contributed by atoms with Crippen molar-refractivity contribution in [2.75, 3.05) is 0 Å². The van der Waals surface area contributed by atoms with Crippen molar-refractivity contribution in [2.45, 2.75) is 52.4 Å². The standard InChI is InChI=1S/C17H24O3/c1-3-5-9-13-10-7-8-12-14(13)15(11-6-4-2)16(18)17(19)20/h7-8,10,12,18H,3-6,9,11H2,1-2H3,(H,19,20). The van der Waals surface area contributed by atoms with Gasteiger partial charge in [-0.25, -0.2) is 4.79 Å². The maximum atomic E-state index is 11.1. The predicted molar refractivity (Wildman–Crippen MR) is 81.8 cm³/mol. The normalized spacial score (nSPS) is 12.1. The zero-order valence-corrected chi connectivity index (χ0v) is 12.4. The van der Waals surface area contributed by atoms with Gasteiger partial charge in [0.1, 0.15) is 0 Å². The maximum absolute atomic E-state index is 11.1. The SMILES string of the molecule is CCCCC(=C(O)C(=O)O)c1ccccc1CCCC. The fourth-order valence-corrected chi connectivity index (χ4v) is 2.26. The molecule has 0 heterocycles. The number of hydrogen-bond donors (Lipinski definition) is 2. The summed E-state index contributed by atoms with van der Waals surface area (Å²) >= 11 is 0. The molecule has 0 aliphatic heterocycles. The minimum Gasteiger partial charge on any atom is -0.502 e. The number of carboxylic acids is 1. The van der Waals surface area contributed by atoms with E-state index < -0.39 is 11.7 Å². The summed E-state index contributed by atoms with van der Waals surface area (Å²) < 4.78 is 0. The highest BCUT2D eigenvalue weighted by molar-refractivity contribution is 5.94. The van der Waals surface area contributed by atoms with Crippen LogP contribution in [0.2, 0.25) is 0 Å². The average molecular weight is 276 g/mol. The third-order valence-corrected chi connectivity index (χ3v) is 3.41. The first-order valence-corrected chi connectivity index (χ1v) is 7.35. The molecule has 1 rings (SSSR count). The summed E-state index contributed by atoms with van der Waals surface area (Å²) in [6.07, 6.45) is 5.49. The fraction of sp³-hybridized carbons (Fsp3) is 0.471. The number of aliphatic carboxylic acids is 1. The number of aliphatic hydroxyl groups excluding tert-OH is 1. The number of unbranched alkanes of at least 4 members (excludes halogenated alkanes) is 2. The average Bonchev–Trinajstić information content (AvgIpc) is 2.46. The van der Waals surface area contributed by atoms with Crippen LogP contribution in [0.4, 0.5) is 0 Å². The van der Waals surface area contributed by atoms with Crippen LogP contribution < -0.4 is 0 Å². The van der Waals surface area contributed by atoms with E-state index in [1.807, 2.05) is 24.3 Å². The zero-order chi connectivity index (χ0) is 15.0. The van der Waals surface area contributed by atoms with Gasteiger partial charge in [0.25, 0.3) is 0 Å². The molecule has 0 saturated carbocycles. The van der Waals surface area contributed by atoms with Gasteiger partial charge in [-0.15, -0.1) is 0 Å². The molecule has 0 atom stereocenters. The number of hydrogen-bond acceptors (Lipinski definition) is 2. The van der Waals surface area contributed by atoms with E-state index in [2.05, 4.69) is 13.8 Å². The molecule has 1 aromatic carbocycles. The Morgan fingerprint density at radius 2 is 1.70 bits per heavy atom. The number of allylic oxidation sites excluding steroid dienone is 1. The molecule has 0 aromatic heterocycles. The molecule has 110 valence electrons. The molecular formula is C17H24O3. The monoisotopic (exact) mass is 276 g/mol. The van der Waals surface area contributed by atoms with Crippen molar-refractivity contribution >= 4 is 11.5 Å². The van der Waals surface area contributed by atoms with Gasteiger partial charge in [-0.2, -0.15) is 0 Å². The zero-order valence-electron chi connectivity index (χ0n) is 12.4. The van der Waals surface area contributed by atoms with E-state index in [4.69, 9.17) is 5.11 Å². The molecule has 0 saturated heterocycles. The van der Waals surface area contributed by atoms with E-state index in [1.54, 1.807) is 0 Å². The largest absolute Gasteiger partial charge is 0.502 e. The summed E-state index contributed by atoms with van der Waals surface area (Å²) in [6.45, 7) is 4.18. The quantitative estimate of drug-likeness (QED) is 0.540. The second kappa shape index (κ2) is 8.41. The van der Waals surface area contributed by atoms with Crippen LogP contribution in [0.3, 0.4) is 0 Å². The molecule has 3 nitrogen and oxygen atoms in total. The molecular weight excluding hydrogens is 252 g/mol. The van der Waals surface area contributed by atoms with Crippen molar-refractivity contribution < 1.29 is 15.0 Å². The van der Waals surface area contributed by atoms with E-state index in [0.29, 0.717) is 12.0 Å². The molecule has 0 fully saturated rings. The lowest BCUT2D eigenvalue weighted by atomic mass is 9.92. The van der Waals surface area contributed by atoms with Crippen LogP contribution in [0, 0.1) is 0 Å². The molecule has 20 heavy (non-hydrogen) atoms. The second-order valence-corrected chi connectivity index (χ2v) is 5.00. The predicted octanol–water partition coefficient (Wildman–Crippen LogP) is 4.57. The molecule has 1 aromatic rings. The van der Waals surface area contributed by atoms with Crippen molar-refractivity contribution in [3.8, 4) is 0 Å². The van der Waals surface area contributed by atoms with Gasteiger partial charge >= 0.3 is 5.97 Å². The van der Waals surface area contributed by atoms with E-state index in [1.165, 1.54) is 0 Å². The third kappa shape index (κ3) is 4.41. The molecule has 3 heteroatoms. The smallest absolute Gasteiger partial charge is 0.371 e. The van der Waals surface area contributed by atoms with Crippen molar-refractivity contribution in [2.24, 2.45) is 0 Å². The lowest BCUT2D eigenvalue weighted by Gasteiger charge is -2.14. The summed E-state index contributed by atoms with van der Waals surface area (Å²) in [4.78, 5) is 11.1. The van der Waals surface area contributed by atoms with Gasteiger partial charge in [-0.3, -0.25) is 0 Å². The molecule has 2 N–H and O–H groups in total. The van der Waals surface area contributed by atoms with Gasteiger partial charge in [-0.05, 0) is 36.8 Å². The minimum absolute atomic E-state index is 0.512. The van der Waals surface area contributed by atoms with Crippen LogP contribution in [0.1, 0.15) is 57.1 Å². The molecule has 0 unspecified atom stereocenters. The summed E-state index contributed by atoms with van der Waals surface area (Å²) in [7, 11) is 0. The molecule has 0 bridgehead atoms. The van der Waals surface area contributed by atoms with E-state index in [0.717, 1.165) is 43.2 Å². The number of carbonyl (C=O) groups is 1. The maximum Gasteiger partial charge on any atom is 0.371 e. The fourth-order valence-electron chi connectivity index (χ4n) is 2.26. The minimum atomic E-state index is -1.25. The van der Waals surface area contributed by atoms with Crippen LogP contribution in [0.25, 0.3) is 5.57 Å². The van der Waals surface area contributed by atoms with Gasteiger partial charge in [-0.1, -0.05) is 51.0 Å². The lowest BCUT2D eigenvalue weighted by Crippen LogP contribution is -2.05. The Balaban J connectivity index is 3.20. The highest BCUT2D eigenvalue weighted by Crippen LogP contribution is 2.28. The van der Waals surface area contributed by atoms with Crippen LogP contribution in [0.5, 0.6) is 0 Å². The van der Waals surface area contributed by atoms with Crippen molar-refractivity contribution in [1.82, 2.24) is 0 Å². The van der Waals surface area contributed by atoms with E-state index in [9.17, 15) is 9.90 Å². The van der Waals surface area contributed by atoms with E-state index >= 15 is 0 Å². The van der Waals surface area contributed by atoms with Gasteiger partial charge < -0.3 is 10.2 Å². The number of benzene rings is 1. The van der Waals surface area contributed by atoms with Crippen LogP contribution in [-0.4, -0.2) is 16.2 Å². The highest BCUT2D eigenvalue weighted by Gasteiger charge is 2.16. The van der Waals surface area contributed by atoms with Gasteiger partial charge in [0, 0.05) is 5.57 Å². The van der Waals surface area contributed by atoms with Crippen LogP contribution in [0.15, 0.2) is 30.0 Å². The Bertz CT molecular complexity index is 475. The first-order valence-electron chi connectivity index (χ1n) is 7.35. The molecule has 0 spiro atoms. The molecule has 0 amide bonds. The summed E-state index contributed by atoms with van der Waals surface area (Å²) in [5.74, 6) is -1.76. The topological polar surface area (TPSA) is 57.5 Å². The molecule has 0 aliphatic rings. The third-order valence-electron chi connectivity index (χ3n) is 3.41. The second-order valence-electron chi connectivity index (χ2n) is 5.00. The van der Waals surface area contributed by atoms with Gasteiger partial charge in [0.2, 0.25) is 5.76 Å². The first-order chi connectivity index (χ1) is 9.61. The summed E-state index contributed by atoms with van der Waals surface area (Å²) in [6, 6.07) is 7.79. The summed E-state index contributed by atoms with van der Waals surface area (Å²) in [5.41, 5.74) is 2.56. The Morgan fingerprint density at radius 3 is 2.30 bits per heavy atom. The van der Waals surface area contributed by atoms with Gasteiger partial charge in [0.05, 0.1) is 0 Å².